The quantitative estimate of drug-likeness (QED) is 0.931. The summed E-state index contributed by atoms with van der Waals surface area (Å²) < 4.78 is 62.4. The minimum Gasteiger partial charge on any atom is -0.328 e. The topological polar surface area (TPSA) is 60.2 Å². The number of rotatable bonds is 3. The molecule has 0 radical (unpaired) electrons. The van der Waals surface area contributed by atoms with Crippen molar-refractivity contribution in [2.24, 2.45) is 11.7 Å². The molecule has 1 fully saturated rings. The second-order valence-corrected chi connectivity index (χ2v) is 8.59. The van der Waals surface area contributed by atoms with Gasteiger partial charge in [-0.1, -0.05) is 6.07 Å². The van der Waals surface area contributed by atoms with Crippen molar-refractivity contribution in [1.29, 1.82) is 0 Å². The number of nitrogens with two attached hydrogens (primary N) is 1. The highest BCUT2D eigenvalue weighted by molar-refractivity contribution is 7.92. The van der Waals surface area contributed by atoms with Crippen LogP contribution in [0.4, 0.5) is 13.2 Å². The second-order valence-electron chi connectivity index (χ2n) is 6.06. The number of alkyl halides is 3. The van der Waals surface area contributed by atoms with E-state index in [2.05, 4.69) is 0 Å². The maximum absolute atomic E-state index is 12.7. The summed E-state index contributed by atoms with van der Waals surface area (Å²) in [4.78, 5) is -0.289. The van der Waals surface area contributed by atoms with Crippen molar-refractivity contribution in [1.82, 2.24) is 0 Å². The Hall–Kier alpha value is -1.08. The summed E-state index contributed by atoms with van der Waals surface area (Å²) in [5.74, 6) is -0.132. The molecule has 0 heterocycles. The number of benzene rings is 1. The third kappa shape index (κ3) is 2.81. The van der Waals surface area contributed by atoms with Crippen LogP contribution in [-0.4, -0.2) is 19.2 Å². The molecular weight excluding hydrogens is 303 g/mol. The molecule has 7 heteroatoms. The molecule has 1 aliphatic carbocycles. The van der Waals surface area contributed by atoms with Gasteiger partial charge in [-0.25, -0.2) is 8.42 Å². The number of hydrogen-bond donors (Lipinski definition) is 1. The van der Waals surface area contributed by atoms with Crippen LogP contribution in [0.3, 0.4) is 0 Å². The maximum Gasteiger partial charge on any atom is 0.416 e. The molecule has 0 aromatic heterocycles. The maximum atomic E-state index is 12.7. The fourth-order valence-electron chi connectivity index (χ4n) is 2.59. The molecular formula is C14H18F3NO2S. The summed E-state index contributed by atoms with van der Waals surface area (Å²) >= 11 is 0. The van der Waals surface area contributed by atoms with Crippen LogP contribution >= 0.6 is 0 Å². The molecule has 2 rings (SSSR count). The summed E-state index contributed by atoms with van der Waals surface area (Å²) in [6.07, 6.45) is -3.41. The van der Waals surface area contributed by atoms with Gasteiger partial charge in [0.25, 0.3) is 0 Å². The summed E-state index contributed by atoms with van der Waals surface area (Å²) in [6, 6.07) is 3.88. The third-order valence-electron chi connectivity index (χ3n) is 4.32. The Morgan fingerprint density at radius 2 is 1.76 bits per heavy atom. The molecule has 2 N–H and O–H groups in total. The summed E-state index contributed by atoms with van der Waals surface area (Å²) in [6.45, 7) is 3.11. The highest BCUT2D eigenvalue weighted by Crippen LogP contribution is 2.43. The lowest BCUT2D eigenvalue weighted by atomic mass is 9.73. The van der Waals surface area contributed by atoms with E-state index in [0.29, 0.717) is 18.9 Å². The summed E-state index contributed by atoms with van der Waals surface area (Å²) in [5.41, 5.74) is 4.73. The molecule has 21 heavy (non-hydrogen) atoms. The molecule has 1 aliphatic rings. The zero-order valence-electron chi connectivity index (χ0n) is 11.8. The highest BCUT2D eigenvalue weighted by Gasteiger charge is 2.48. The van der Waals surface area contributed by atoms with E-state index in [1.54, 1.807) is 13.8 Å². The fourth-order valence-corrected chi connectivity index (χ4v) is 4.37. The Morgan fingerprint density at radius 1 is 1.19 bits per heavy atom. The molecule has 0 atom stereocenters. The lowest BCUT2D eigenvalue weighted by molar-refractivity contribution is -0.137. The first-order chi connectivity index (χ1) is 9.46. The van der Waals surface area contributed by atoms with Crippen LogP contribution in [0.25, 0.3) is 0 Å². The van der Waals surface area contributed by atoms with E-state index >= 15 is 0 Å². The average molecular weight is 321 g/mol. The van der Waals surface area contributed by atoms with Crippen LogP contribution in [0, 0.1) is 5.92 Å². The second kappa shape index (κ2) is 4.98. The van der Waals surface area contributed by atoms with E-state index in [-0.39, 0.29) is 16.9 Å². The molecule has 0 spiro atoms. The Morgan fingerprint density at radius 3 is 2.24 bits per heavy atom. The standard InChI is InChI=1S/C14H18F3NO2S/c1-13(2,10-6-11(18)7-10)21(19,20)12-5-3-4-9(8-12)14(15,16)17/h3-5,8,10-11H,6-7,18H2,1-2H3. The molecule has 0 bridgehead atoms. The van der Waals surface area contributed by atoms with Gasteiger partial charge in [-0.15, -0.1) is 0 Å². The average Bonchev–Trinajstić information content (AvgIpc) is 2.34. The van der Waals surface area contributed by atoms with E-state index in [9.17, 15) is 21.6 Å². The lowest BCUT2D eigenvalue weighted by Crippen LogP contribution is -2.50. The van der Waals surface area contributed by atoms with Gasteiger partial charge < -0.3 is 5.73 Å². The third-order valence-corrected chi connectivity index (χ3v) is 6.92. The van der Waals surface area contributed by atoms with Crippen molar-refractivity contribution in [3.63, 3.8) is 0 Å². The molecule has 1 saturated carbocycles. The number of sulfone groups is 1. The van der Waals surface area contributed by atoms with Crippen molar-refractivity contribution >= 4 is 9.84 Å². The lowest BCUT2D eigenvalue weighted by Gasteiger charge is -2.43. The predicted molar refractivity (Wildman–Crippen MR) is 73.4 cm³/mol. The van der Waals surface area contributed by atoms with Crippen LogP contribution < -0.4 is 5.73 Å². The Labute approximate surface area is 122 Å². The van der Waals surface area contributed by atoms with Crippen LogP contribution in [0.5, 0.6) is 0 Å². The molecule has 0 amide bonds. The first-order valence-electron chi connectivity index (χ1n) is 6.63. The summed E-state index contributed by atoms with van der Waals surface area (Å²) in [7, 11) is -3.86. The van der Waals surface area contributed by atoms with Crippen molar-refractivity contribution in [2.75, 3.05) is 0 Å². The monoisotopic (exact) mass is 321 g/mol. The molecule has 3 nitrogen and oxygen atoms in total. The Bertz CT molecular complexity index is 632. The number of hydrogen-bond acceptors (Lipinski definition) is 3. The van der Waals surface area contributed by atoms with E-state index in [1.807, 2.05) is 0 Å². The Balaban J connectivity index is 2.40. The van der Waals surface area contributed by atoms with Crippen LogP contribution in [-0.2, 0) is 16.0 Å². The molecule has 118 valence electrons. The van der Waals surface area contributed by atoms with Gasteiger partial charge in [0.15, 0.2) is 9.84 Å². The van der Waals surface area contributed by atoms with E-state index in [0.717, 1.165) is 12.1 Å². The van der Waals surface area contributed by atoms with E-state index < -0.39 is 26.3 Å². The van der Waals surface area contributed by atoms with Gasteiger partial charge in [-0.2, -0.15) is 13.2 Å². The van der Waals surface area contributed by atoms with Crippen LogP contribution in [0.2, 0.25) is 0 Å². The fraction of sp³-hybridized carbons (Fsp3) is 0.571. The Kier molecular flexibility index (Phi) is 3.87. The molecule has 0 aliphatic heterocycles. The van der Waals surface area contributed by atoms with Crippen molar-refractivity contribution < 1.29 is 21.6 Å². The van der Waals surface area contributed by atoms with Gasteiger partial charge in [-0.05, 0) is 50.8 Å². The van der Waals surface area contributed by atoms with Gasteiger partial charge in [0.1, 0.15) is 0 Å². The first kappa shape index (κ1) is 16.3. The van der Waals surface area contributed by atoms with E-state index in [1.165, 1.54) is 6.07 Å². The van der Waals surface area contributed by atoms with Crippen molar-refractivity contribution in [3.8, 4) is 0 Å². The minimum atomic E-state index is -4.56. The van der Waals surface area contributed by atoms with Gasteiger partial charge in [-0.3, -0.25) is 0 Å². The zero-order valence-corrected chi connectivity index (χ0v) is 12.6. The highest BCUT2D eigenvalue weighted by atomic mass is 32.2. The molecule has 0 unspecified atom stereocenters. The van der Waals surface area contributed by atoms with Crippen LogP contribution in [0.1, 0.15) is 32.3 Å². The van der Waals surface area contributed by atoms with E-state index in [4.69, 9.17) is 5.73 Å². The molecule has 1 aromatic rings. The van der Waals surface area contributed by atoms with Gasteiger partial charge in [0, 0.05) is 6.04 Å². The predicted octanol–water partition coefficient (Wildman–Crippen LogP) is 3.00. The SMILES string of the molecule is CC(C)(C1CC(N)C1)S(=O)(=O)c1cccc(C(F)(F)F)c1. The van der Waals surface area contributed by atoms with Crippen LogP contribution in [0.15, 0.2) is 29.2 Å². The van der Waals surface area contributed by atoms with Gasteiger partial charge in [0.05, 0.1) is 15.2 Å². The normalized spacial score (nSPS) is 23.7. The van der Waals surface area contributed by atoms with Gasteiger partial charge >= 0.3 is 6.18 Å². The minimum absolute atomic E-state index is 0.0222. The molecule has 1 aromatic carbocycles. The first-order valence-corrected chi connectivity index (χ1v) is 8.12. The van der Waals surface area contributed by atoms with Crippen molar-refractivity contribution in [2.45, 2.75) is 48.5 Å². The smallest absolute Gasteiger partial charge is 0.328 e. The van der Waals surface area contributed by atoms with Crippen molar-refractivity contribution in [3.05, 3.63) is 29.8 Å². The zero-order chi connectivity index (χ0) is 16.1. The van der Waals surface area contributed by atoms with Gasteiger partial charge in [0.2, 0.25) is 0 Å². The number of halogens is 3. The summed E-state index contributed by atoms with van der Waals surface area (Å²) in [5, 5.41) is 0. The molecule has 0 saturated heterocycles. The largest absolute Gasteiger partial charge is 0.416 e.